The van der Waals surface area contributed by atoms with E-state index in [4.69, 9.17) is 10.00 Å². The van der Waals surface area contributed by atoms with Gasteiger partial charge in [0.25, 0.3) is 0 Å². The maximum Gasteiger partial charge on any atom is 0.410 e. The number of rotatable bonds is 4. The SMILES string of the molecule is CCOC(=O)N1CCc2c(sc(NC(=O)C=Cc3ccccc3C#N)c2C#N)C1. The Hall–Kier alpha value is -3.62. The number of nitriles is 2. The van der Waals surface area contributed by atoms with E-state index in [1.807, 2.05) is 0 Å². The van der Waals surface area contributed by atoms with Crippen molar-refractivity contribution in [2.75, 3.05) is 18.5 Å². The van der Waals surface area contributed by atoms with Gasteiger partial charge in [0.05, 0.1) is 30.3 Å². The Labute approximate surface area is 172 Å². The molecule has 1 aromatic carbocycles. The first-order valence-corrected chi connectivity index (χ1v) is 9.83. The number of ether oxygens (including phenoxy) is 1. The molecule has 0 bridgehead atoms. The molecule has 0 atom stereocenters. The molecule has 0 radical (unpaired) electrons. The Morgan fingerprint density at radius 2 is 2.10 bits per heavy atom. The van der Waals surface area contributed by atoms with E-state index in [0.29, 0.717) is 47.8 Å². The molecule has 1 aliphatic heterocycles. The van der Waals surface area contributed by atoms with Crippen molar-refractivity contribution in [1.82, 2.24) is 4.90 Å². The number of anilines is 1. The van der Waals surface area contributed by atoms with Crippen molar-refractivity contribution >= 4 is 34.4 Å². The van der Waals surface area contributed by atoms with Crippen LogP contribution in [0.25, 0.3) is 6.08 Å². The zero-order chi connectivity index (χ0) is 20.8. The number of nitrogens with one attached hydrogen (secondary N) is 1. The van der Waals surface area contributed by atoms with Crippen molar-refractivity contribution < 1.29 is 14.3 Å². The van der Waals surface area contributed by atoms with Gasteiger partial charge in [-0.25, -0.2) is 4.79 Å². The van der Waals surface area contributed by atoms with Crippen molar-refractivity contribution in [2.24, 2.45) is 0 Å². The van der Waals surface area contributed by atoms with Crippen molar-refractivity contribution in [3.63, 3.8) is 0 Å². The number of carbonyl (C=O) groups excluding carboxylic acids is 2. The van der Waals surface area contributed by atoms with Crippen LogP contribution in [0.15, 0.2) is 30.3 Å². The fourth-order valence-electron chi connectivity index (χ4n) is 3.04. The van der Waals surface area contributed by atoms with Gasteiger partial charge >= 0.3 is 6.09 Å². The highest BCUT2D eigenvalue weighted by molar-refractivity contribution is 7.16. The van der Waals surface area contributed by atoms with Gasteiger partial charge in [0.15, 0.2) is 0 Å². The highest BCUT2D eigenvalue weighted by Gasteiger charge is 2.27. The first kappa shape index (κ1) is 20.1. The van der Waals surface area contributed by atoms with Gasteiger partial charge in [0.2, 0.25) is 5.91 Å². The van der Waals surface area contributed by atoms with Gasteiger partial charge in [0, 0.05) is 17.5 Å². The van der Waals surface area contributed by atoms with Crippen LogP contribution in [0.2, 0.25) is 0 Å². The lowest BCUT2D eigenvalue weighted by molar-refractivity contribution is -0.111. The molecule has 0 aliphatic carbocycles. The summed E-state index contributed by atoms with van der Waals surface area (Å²) in [5, 5.41) is 21.9. The van der Waals surface area contributed by atoms with Crippen LogP contribution in [-0.4, -0.2) is 30.1 Å². The number of amides is 2. The fourth-order valence-corrected chi connectivity index (χ4v) is 4.26. The number of carbonyl (C=O) groups is 2. The molecular formula is C21H18N4O3S. The standard InChI is InChI=1S/C21H18N4O3S/c1-2-28-21(27)25-10-9-16-17(12-23)20(29-18(16)13-25)24-19(26)8-7-14-5-3-4-6-15(14)11-22/h3-8H,2,9-10,13H2,1H3,(H,24,26). The lowest BCUT2D eigenvalue weighted by Crippen LogP contribution is -2.35. The molecule has 2 aromatic rings. The van der Waals surface area contributed by atoms with E-state index in [9.17, 15) is 14.9 Å². The lowest BCUT2D eigenvalue weighted by Gasteiger charge is -2.25. The van der Waals surface area contributed by atoms with Gasteiger partial charge in [0.1, 0.15) is 11.1 Å². The minimum absolute atomic E-state index is 0.304. The number of thiophene rings is 1. The number of hydrogen-bond acceptors (Lipinski definition) is 6. The molecule has 2 amide bonds. The van der Waals surface area contributed by atoms with Gasteiger partial charge < -0.3 is 15.0 Å². The van der Waals surface area contributed by atoms with E-state index in [1.165, 1.54) is 17.4 Å². The Morgan fingerprint density at radius 1 is 1.31 bits per heavy atom. The van der Waals surface area contributed by atoms with Gasteiger partial charge in [-0.2, -0.15) is 10.5 Å². The van der Waals surface area contributed by atoms with Crippen molar-refractivity contribution in [3.05, 3.63) is 57.5 Å². The lowest BCUT2D eigenvalue weighted by atomic mass is 10.0. The van der Waals surface area contributed by atoms with Crippen molar-refractivity contribution in [3.8, 4) is 12.1 Å². The van der Waals surface area contributed by atoms with Crippen LogP contribution >= 0.6 is 11.3 Å². The van der Waals surface area contributed by atoms with E-state index in [1.54, 1.807) is 42.2 Å². The van der Waals surface area contributed by atoms with E-state index in [-0.39, 0.29) is 6.09 Å². The maximum atomic E-state index is 12.4. The Balaban J connectivity index is 1.76. The monoisotopic (exact) mass is 406 g/mol. The molecule has 0 saturated heterocycles. The molecule has 146 valence electrons. The Morgan fingerprint density at radius 3 is 2.83 bits per heavy atom. The molecule has 1 aromatic heterocycles. The summed E-state index contributed by atoms with van der Waals surface area (Å²) in [6, 6.07) is 11.2. The van der Waals surface area contributed by atoms with Gasteiger partial charge in [-0.15, -0.1) is 11.3 Å². The third-order valence-corrected chi connectivity index (χ3v) is 5.56. The second-order valence-corrected chi connectivity index (χ2v) is 7.32. The van der Waals surface area contributed by atoms with E-state index >= 15 is 0 Å². The summed E-state index contributed by atoms with van der Waals surface area (Å²) in [6.45, 7) is 2.88. The molecule has 2 heterocycles. The zero-order valence-electron chi connectivity index (χ0n) is 15.8. The summed E-state index contributed by atoms with van der Waals surface area (Å²) < 4.78 is 5.04. The van der Waals surface area contributed by atoms with Crippen LogP contribution in [0.4, 0.5) is 9.80 Å². The topological polar surface area (TPSA) is 106 Å². The number of nitrogens with zero attached hydrogens (tertiary/aromatic N) is 3. The third kappa shape index (κ3) is 4.45. The molecular weight excluding hydrogens is 388 g/mol. The molecule has 0 saturated carbocycles. The first-order chi connectivity index (χ1) is 14.1. The smallest absolute Gasteiger partial charge is 0.410 e. The van der Waals surface area contributed by atoms with Gasteiger partial charge in [-0.3, -0.25) is 4.79 Å². The summed E-state index contributed by atoms with van der Waals surface area (Å²) in [4.78, 5) is 26.8. The average Bonchev–Trinajstić information content (AvgIpc) is 3.08. The zero-order valence-corrected chi connectivity index (χ0v) is 16.6. The summed E-state index contributed by atoms with van der Waals surface area (Å²) >= 11 is 1.29. The normalized spacial score (nSPS) is 12.7. The summed E-state index contributed by atoms with van der Waals surface area (Å²) in [6.07, 6.45) is 3.06. The largest absolute Gasteiger partial charge is 0.450 e. The van der Waals surface area contributed by atoms with Gasteiger partial charge in [-0.1, -0.05) is 18.2 Å². The molecule has 7 nitrogen and oxygen atoms in total. The molecule has 29 heavy (non-hydrogen) atoms. The minimum Gasteiger partial charge on any atom is -0.450 e. The quantitative estimate of drug-likeness (QED) is 0.780. The molecule has 3 rings (SSSR count). The second kappa shape index (κ2) is 9.05. The fraction of sp³-hybridized carbons (Fsp3) is 0.238. The summed E-state index contributed by atoms with van der Waals surface area (Å²) in [5.41, 5.74) is 2.42. The molecule has 8 heteroatoms. The number of benzene rings is 1. The number of hydrogen-bond donors (Lipinski definition) is 1. The van der Waals surface area contributed by atoms with Gasteiger partial charge in [-0.05, 0) is 36.6 Å². The van der Waals surface area contributed by atoms with E-state index in [0.717, 1.165) is 10.4 Å². The maximum absolute atomic E-state index is 12.4. The summed E-state index contributed by atoms with van der Waals surface area (Å²) in [7, 11) is 0. The predicted octanol–water partition coefficient (Wildman–Crippen LogP) is 3.66. The highest BCUT2D eigenvalue weighted by Crippen LogP contribution is 2.36. The van der Waals surface area contributed by atoms with Crippen molar-refractivity contribution in [2.45, 2.75) is 19.9 Å². The highest BCUT2D eigenvalue weighted by atomic mass is 32.1. The number of fused-ring (bicyclic) bond motifs is 1. The summed E-state index contributed by atoms with van der Waals surface area (Å²) in [5.74, 6) is -0.393. The van der Waals surface area contributed by atoms with Crippen LogP contribution < -0.4 is 5.32 Å². The Kier molecular flexibility index (Phi) is 6.28. The Bertz CT molecular complexity index is 1060. The van der Waals surface area contributed by atoms with Crippen LogP contribution in [0.1, 0.15) is 34.1 Å². The van der Waals surface area contributed by atoms with Crippen molar-refractivity contribution in [1.29, 1.82) is 10.5 Å². The van der Waals surface area contributed by atoms with Crippen LogP contribution in [0.5, 0.6) is 0 Å². The molecule has 0 unspecified atom stereocenters. The minimum atomic E-state index is -0.393. The van der Waals surface area contributed by atoms with Crippen LogP contribution in [-0.2, 0) is 22.5 Å². The van der Waals surface area contributed by atoms with Crippen LogP contribution in [0.3, 0.4) is 0 Å². The molecule has 0 spiro atoms. The molecule has 1 N–H and O–H groups in total. The van der Waals surface area contributed by atoms with E-state index in [2.05, 4.69) is 17.5 Å². The third-order valence-electron chi connectivity index (χ3n) is 4.43. The first-order valence-electron chi connectivity index (χ1n) is 9.01. The van der Waals surface area contributed by atoms with Crippen LogP contribution in [0, 0.1) is 22.7 Å². The van der Waals surface area contributed by atoms with E-state index < -0.39 is 5.91 Å². The molecule has 1 aliphatic rings. The predicted molar refractivity (Wildman–Crippen MR) is 109 cm³/mol. The average molecular weight is 406 g/mol. The second-order valence-electron chi connectivity index (χ2n) is 6.21. The molecule has 0 fully saturated rings.